The van der Waals surface area contributed by atoms with Crippen LogP contribution in [0.3, 0.4) is 0 Å². The molecule has 0 radical (unpaired) electrons. The maximum atomic E-state index is 5.30. The predicted octanol–water partition coefficient (Wildman–Crippen LogP) is 2.06. The maximum absolute atomic E-state index is 5.30. The van der Waals surface area contributed by atoms with Gasteiger partial charge in [-0.2, -0.15) is 0 Å². The second kappa shape index (κ2) is 8.37. The molecule has 0 bridgehead atoms. The molecule has 0 heterocycles. The number of nitrogens with one attached hydrogen (secondary N) is 1. The van der Waals surface area contributed by atoms with Gasteiger partial charge in [0.15, 0.2) is 0 Å². The fourth-order valence-electron chi connectivity index (χ4n) is 0.529. The minimum Gasteiger partial charge on any atom is -0.356 e. The van der Waals surface area contributed by atoms with E-state index in [2.05, 4.69) is 26.1 Å². The normalized spacial score (nSPS) is 13.4. The molecular formula is C8H19NOS. The minimum atomic E-state index is 0.571. The van der Waals surface area contributed by atoms with Crippen LogP contribution < -0.4 is 5.32 Å². The summed E-state index contributed by atoms with van der Waals surface area (Å²) in [5, 5.41) is 3.26. The lowest BCUT2D eigenvalue weighted by atomic mass is 10.3. The first-order valence-corrected chi connectivity index (χ1v) is 5.35. The van der Waals surface area contributed by atoms with Crippen LogP contribution in [0.4, 0.5) is 0 Å². The van der Waals surface area contributed by atoms with Gasteiger partial charge in [0.1, 0.15) is 0 Å². The zero-order valence-electron chi connectivity index (χ0n) is 7.72. The number of hydrogen-bond donors (Lipinski definition) is 1. The second-order valence-corrected chi connectivity index (χ2v) is 3.69. The van der Waals surface area contributed by atoms with Crippen molar-refractivity contribution in [1.82, 2.24) is 5.32 Å². The third kappa shape index (κ3) is 8.17. The van der Waals surface area contributed by atoms with Crippen LogP contribution in [0.2, 0.25) is 0 Å². The summed E-state index contributed by atoms with van der Waals surface area (Å²) in [6.07, 6.45) is 1.16. The van der Waals surface area contributed by atoms with Crippen LogP contribution in [-0.2, 0) is 4.74 Å². The standard InChI is InChI=1S/C8H19NOS/c1-4-8(3)9-6-10-7-11-5-2/h8-9H,4-7H2,1-3H3. The highest BCUT2D eigenvalue weighted by atomic mass is 32.2. The van der Waals surface area contributed by atoms with Crippen LogP contribution in [-0.4, -0.2) is 24.5 Å². The second-order valence-electron chi connectivity index (χ2n) is 2.47. The van der Waals surface area contributed by atoms with Crippen molar-refractivity contribution in [3.63, 3.8) is 0 Å². The quantitative estimate of drug-likeness (QED) is 0.475. The Labute approximate surface area is 74.1 Å². The van der Waals surface area contributed by atoms with Gasteiger partial charge in [0.25, 0.3) is 0 Å². The van der Waals surface area contributed by atoms with Crippen molar-refractivity contribution in [3.8, 4) is 0 Å². The van der Waals surface area contributed by atoms with Gasteiger partial charge in [0, 0.05) is 6.04 Å². The maximum Gasteiger partial charge on any atom is 0.0978 e. The van der Waals surface area contributed by atoms with Gasteiger partial charge in [-0.25, -0.2) is 0 Å². The lowest BCUT2D eigenvalue weighted by Gasteiger charge is -2.10. The van der Waals surface area contributed by atoms with Crippen molar-refractivity contribution in [2.24, 2.45) is 0 Å². The molecule has 0 spiro atoms. The van der Waals surface area contributed by atoms with Gasteiger partial charge in [-0.05, 0) is 19.1 Å². The van der Waals surface area contributed by atoms with Crippen LogP contribution >= 0.6 is 11.8 Å². The summed E-state index contributed by atoms with van der Waals surface area (Å²) in [5.41, 5.74) is 0. The van der Waals surface area contributed by atoms with Crippen LogP contribution in [0, 0.1) is 0 Å². The van der Waals surface area contributed by atoms with E-state index in [1.807, 2.05) is 0 Å². The monoisotopic (exact) mass is 177 g/mol. The molecule has 11 heavy (non-hydrogen) atoms. The summed E-state index contributed by atoms with van der Waals surface area (Å²) in [4.78, 5) is 0. The largest absolute Gasteiger partial charge is 0.356 e. The van der Waals surface area contributed by atoms with Crippen molar-refractivity contribution >= 4 is 11.8 Å². The van der Waals surface area contributed by atoms with Gasteiger partial charge in [0.05, 0.1) is 12.7 Å². The average molecular weight is 177 g/mol. The third-order valence-corrected chi connectivity index (χ3v) is 2.26. The summed E-state index contributed by atoms with van der Waals surface area (Å²) in [6.45, 7) is 7.15. The molecule has 0 fully saturated rings. The molecule has 1 unspecified atom stereocenters. The lowest BCUT2D eigenvalue weighted by Crippen LogP contribution is -2.27. The number of ether oxygens (including phenoxy) is 1. The van der Waals surface area contributed by atoms with Gasteiger partial charge in [-0.1, -0.05) is 13.8 Å². The molecule has 2 nitrogen and oxygen atoms in total. The molecule has 0 aliphatic rings. The first-order valence-electron chi connectivity index (χ1n) is 4.20. The summed E-state index contributed by atoms with van der Waals surface area (Å²) in [5.74, 6) is 1.93. The summed E-state index contributed by atoms with van der Waals surface area (Å²) < 4.78 is 5.30. The van der Waals surface area contributed by atoms with Gasteiger partial charge >= 0.3 is 0 Å². The van der Waals surface area contributed by atoms with Crippen LogP contribution in [0.1, 0.15) is 27.2 Å². The first-order chi connectivity index (χ1) is 5.31. The Balaban J connectivity index is 2.89. The summed E-state index contributed by atoms with van der Waals surface area (Å²) in [6, 6.07) is 0.571. The van der Waals surface area contributed by atoms with Gasteiger partial charge in [-0.3, -0.25) is 5.32 Å². The fraction of sp³-hybridized carbons (Fsp3) is 1.00. The molecule has 3 heteroatoms. The fourth-order valence-corrected chi connectivity index (χ4v) is 0.897. The third-order valence-electron chi connectivity index (χ3n) is 1.52. The molecule has 1 N–H and O–H groups in total. The van der Waals surface area contributed by atoms with E-state index in [-0.39, 0.29) is 0 Å². The van der Waals surface area contributed by atoms with Gasteiger partial charge in [-0.15, -0.1) is 11.8 Å². The molecule has 0 aromatic heterocycles. The summed E-state index contributed by atoms with van der Waals surface area (Å²) in [7, 11) is 0. The van der Waals surface area contributed by atoms with E-state index in [9.17, 15) is 0 Å². The molecule has 68 valence electrons. The zero-order valence-corrected chi connectivity index (χ0v) is 8.54. The number of hydrogen-bond acceptors (Lipinski definition) is 3. The Kier molecular flexibility index (Phi) is 8.57. The molecule has 0 amide bonds. The zero-order chi connectivity index (χ0) is 8.53. The molecule has 0 aliphatic carbocycles. The van der Waals surface area contributed by atoms with E-state index >= 15 is 0 Å². The molecule has 0 aromatic carbocycles. The number of rotatable bonds is 7. The van der Waals surface area contributed by atoms with Crippen molar-refractivity contribution in [3.05, 3.63) is 0 Å². The Morgan fingerprint density at radius 2 is 2.18 bits per heavy atom. The van der Waals surface area contributed by atoms with Crippen LogP contribution in [0.15, 0.2) is 0 Å². The van der Waals surface area contributed by atoms with Crippen molar-refractivity contribution in [2.45, 2.75) is 33.2 Å². The van der Waals surface area contributed by atoms with Crippen LogP contribution in [0.25, 0.3) is 0 Å². The van der Waals surface area contributed by atoms with Crippen LogP contribution in [0.5, 0.6) is 0 Å². The Hall–Kier alpha value is 0.270. The average Bonchev–Trinajstić information content (AvgIpc) is 2.04. The molecule has 0 saturated carbocycles. The van der Waals surface area contributed by atoms with Gasteiger partial charge in [0.2, 0.25) is 0 Å². The van der Waals surface area contributed by atoms with E-state index < -0.39 is 0 Å². The SMILES string of the molecule is CCSCOCNC(C)CC. The Bertz CT molecular complexity index is 80.5. The highest BCUT2D eigenvalue weighted by molar-refractivity contribution is 7.99. The smallest absolute Gasteiger partial charge is 0.0978 e. The highest BCUT2D eigenvalue weighted by Gasteiger charge is 1.94. The van der Waals surface area contributed by atoms with E-state index in [0.29, 0.717) is 12.8 Å². The van der Waals surface area contributed by atoms with Crippen molar-refractivity contribution in [1.29, 1.82) is 0 Å². The Morgan fingerprint density at radius 3 is 2.73 bits per heavy atom. The molecular weight excluding hydrogens is 158 g/mol. The number of thioether (sulfide) groups is 1. The lowest BCUT2D eigenvalue weighted by molar-refractivity contribution is 0.151. The predicted molar refractivity (Wildman–Crippen MR) is 51.8 cm³/mol. The van der Waals surface area contributed by atoms with E-state index in [1.54, 1.807) is 11.8 Å². The van der Waals surface area contributed by atoms with Gasteiger partial charge < -0.3 is 4.74 Å². The molecule has 0 saturated heterocycles. The van der Waals surface area contributed by atoms with E-state index in [0.717, 1.165) is 18.1 Å². The van der Waals surface area contributed by atoms with E-state index in [4.69, 9.17) is 4.74 Å². The minimum absolute atomic E-state index is 0.571. The first kappa shape index (κ1) is 11.3. The molecule has 0 aromatic rings. The molecule has 0 aliphatic heterocycles. The summed E-state index contributed by atoms with van der Waals surface area (Å²) >= 11 is 1.81. The Morgan fingerprint density at radius 1 is 1.45 bits per heavy atom. The van der Waals surface area contributed by atoms with Crippen molar-refractivity contribution < 1.29 is 4.74 Å². The van der Waals surface area contributed by atoms with Crippen molar-refractivity contribution in [2.75, 3.05) is 18.4 Å². The van der Waals surface area contributed by atoms with E-state index in [1.165, 1.54) is 0 Å². The molecule has 1 atom stereocenters. The highest BCUT2D eigenvalue weighted by Crippen LogP contribution is 1.97. The molecule has 0 rings (SSSR count). The topological polar surface area (TPSA) is 21.3 Å².